The molecule has 1 aliphatic rings. The Hall–Kier alpha value is -2.12. The molecule has 0 bridgehead atoms. The zero-order chi connectivity index (χ0) is 13.8. The number of nitrogens with zero attached hydrogens (tertiary/aromatic N) is 3. The molecule has 0 radical (unpaired) electrons. The van der Waals surface area contributed by atoms with Gasteiger partial charge in [-0.1, -0.05) is 0 Å². The minimum atomic E-state index is -4.53. The maximum absolute atomic E-state index is 12.6. The molecule has 2 aromatic rings. The van der Waals surface area contributed by atoms with Gasteiger partial charge >= 0.3 is 12.1 Å². The second kappa shape index (κ2) is 3.69. The standard InChI is InChI=1S/C11H8F3N3O2/c12-11(13,14)6-3-15-9-7(5-1-2-5)8(10(18)19)16-17(9)4-6/h3-5H,1-2H2,(H,18,19). The fraction of sp³-hybridized carbons (Fsp3) is 0.364. The predicted molar refractivity (Wildman–Crippen MR) is 56.9 cm³/mol. The van der Waals surface area contributed by atoms with Gasteiger partial charge in [-0.2, -0.15) is 18.3 Å². The Labute approximate surface area is 104 Å². The first-order valence-electron chi connectivity index (χ1n) is 5.56. The lowest BCUT2D eigenvalue weighted by atomic mass is 10.1. The number of carboxylic acids is 1. The Morgan fingerprint density at radius 1 is 1.42 bits per heavy atom. The van der Waals surface area contributed by atoms with E-state index in [1.807, 2.05) is 0 Å². The average Bonchev–Trinajstić information content (AvgIpc) is 3.07. The van der Waals surface area contributed by atoms with E-state index in [1.165, 1.54) is 0 Å². The molecular weight excluding hydrogens is 263 g/mol. The number of carboxylic acid groups (broad SMARTS) is 1. The Morgan fingerprint density at radius 2 is 2.11 bits per heavy atom. The lowest BCUT2D eigenvalue weighted by molar-refractivity contribution is -0.138. The maximum atomic E-state index is 12.6. The molecule has 100 valence electrons. The summed E-state index contributed by atoms with van der Waals surface area (Å²) in [5, 5.41) is 12.7. The van der Waals surface area contributed by atoms with Crippen molar-refractivity contribution in [2.75, 3.05) is 0 Å². The van der Waals surface area contributed by atoms with Crippen LogP contribution in [0.2, 0.25) is 0 Å². The van der Waals surface area contributed by atoms with E-state index in [0.29, 0.717) is 11.8 Å². The molecule has 1 N–H and O–H groups in total. The van der Waals surface area contributed by atoms with Gasteiger partial charge in [0.1, 0.15) is 0 Å². The number of fused-ring (bicyclic) bond motifs is 1. The predicted octanol–water partition coefficient (Wildman–Crippen LogP) is 2.32. The number of aromatic carboxylic acids is 1. The highest BCUT2D eigenvalue weighted by molar-refractivity contribution is 5.90. The molecule has 2 aromatic heterocycles. The smallest absolute Gasteiger partial charge is 0.419 e. The number of rotatable bonds is 2. The van der Waals surface area contributed by atoms with Crippen LogP contribution >= 0.6 is 0 Å². The zero-order valence-corrected chi connectivity index (χ0v) is 9.48. The summed E-state index contributed by atoms with van der Waals surface area (Å²) >= 11 is 0. The van der Waals surface area contributed by atoms with Gasteiger partial charge in [-0.25, -0.2) is 14.3 Å². The molecule has 0 aliphatic heterocycles. The summed E-state index contributed by atoms with van der Waals surface area (Å²) in [6.45, 7) is 0. The third kappa shape index (κ3) is 1.92. The van der Waals surface area contributed by atoms with E-state index >= 15 is 0 Å². The largest absolute Gasteiger partial charge is 0.476 e. The molecule has 1 fully saturated rings. The zero-order valence-electron chi connectivity index (χ0n) is 9.48. The molecule has 0 aromatic carbocycles. The van der Waals surface area contributed by atoms with Crippen LogP contribution in [0.3, 0.4) is 0 Å². The molecule has 1 saturated carbocycles. The monoisotopic (exact) mass is 271 g/mol. The fourth-order valence-corrected chi connectivity index (χ4v) is 2.01. The van der Waals surface area contributed by atoms with Crippen LogP contribution in [0.1, 0.15) is 40.4 Å². The van der Waals surface area contributed by atoms with Gasteiger partial charge in [0.15, 0.2) is 11.3 Å². The van der Waals surface area contributed by atoms with Crippen molar-refractivity contribution in [3.05, 3.63) is 29.2 Å². The number of aromatic nitrogens is 3. The molecule has 8 heteroatoms. The molecule has 0 unspecified atom stereocenters. The Bertz CT molecular complexity index is 674. The summed E-state index contributed by atoms with van der Waals surface area (Å²) in [4.78, 5) is 14.8. The van der Waals surface area contributed by atoms with E-state index in [-0.39, 0.29) is 17.3 Å². The van der Waals surface area contributed by atoms with Crippen LogP contribution in [0.4, 0.5) is 13.2 Å². The van der Waals surface area contributed by atoms with Gasteiger partial charge in [0.25, 0.3) is 0 Å². The lowest BCUT2D eigenvalue weighted by Gasteiger charge is -2.05. The summed E-state index contributed by atoms with van der Waals surface area (Å²) in [6, 6.07) is 0. The second-order valence-electron chi connectivity index (χ2n) is 4.45. The van der Waals surface area contributed by atoms with E-state index in [1.54, 1.807) is 0 Å². The van der Waals surface area contributed by atoms with E-state index in [2.05, 4.69) is 10.1 Å². The second-order valence-corrected chi connectivity index (χ2v) is 4.45. The molecule has 0 atom stereocenters. The summed E-state index contributed by atoms with van der Waals surface area (Å²) in [5.41, 5.74) is -0.551. The van der Waals surface area contributed by atoms with Crippen molar-refractivity contribution in [3.8, 4) is 0 Å². The Balaban J connectivity index is 2.23. The van der Waals surface area contributed by atoms with Crippen molar-refractivity contribution in [2.24, 2.45) is 0 Å². The van der Waals surface area contributed by atoms with Crippen molar-refractivity contribution in [3.63, 3.8) is 0 Å². The summed E-state index contributed by atoms with van der Waals surface area (Å²) in [5.74, 6) is -1.21. The summed E-state index contributed by atoms with van der Waals surface area (Å²) in [6.07, 6.45) is -1.44. The van der Waals surface area contributed by atoms with Crippen LogP contribution in [-0.4, -0.2) is 25.7 Å². The minimum Gasteiger partial charge on any atom is -0.476 e. The minimum absolute atomic E-state index is 0.0350. The topological polar surface area (TPSA) is 67.5 Å². The van der Waals surface area contributed by atoms with Crippen LogP contribution in [0, 0.1) is 0 Å². The normalized spacial score (nSPS) is 15.9. The molecule has 19 heavy (non-hydrogen) atoms. The molecule has 3 rings (SSSR count). The SMILES string of the molecule is O=C(O)c1nn2cc(C(F)(F)F)cnc2c1C1CC1. The average molecular weight is 271 g/mol. The van der Waals surface area contributed by atoms with Crippen LogP contribution in [0.15, 0.2) is 12.4 Å². The van der Waals surface area contributed by atoms with Gasteiger partial charge in [0, 0.05) is 18.0 Å². The summed E-state index contributed by atoms with van der Waals surface area (Å²) in [7, 11) is 0. The molecule has 5 nitrogen and oxygen atoms in total. The number of hydrogen-bond acceptors (Lipinski definition) is 3. The van der Waals surface area contributed by atoms with Gasteiger partial charge in [-0.3, -0.25) is 0 Å². The first-order chi connectivity index (χ1) is 8.88. The van der Waals surface area contributed by atoms with Gasteiger partial charge in [0.2, 0.25) is 0 Å². The van der Waals surface area contributed by atoms with Crippen molar-refractivity contribution in [1.82, 2.24) is 14.6 Å². The molecule has 0 spiro atoms. The van der Waals surface area contributed by atoms with Crippen molar-refractivity contribution in [2.45, 2.75) is 24.9 Å². The van der Waals surface area contributed by atoms with Gasteiger partial charge in [0.05, 0.1) is 5.56 Å². The van der Waals surface area contributed by atoms with Gasteiger partial charge in [-0.15, -0.1) is 0 Å². The molecule has 1 aliphatic carbocycles. The fourth-order valence-electron chi connectivity index (χ4n) is 2.01. The van der Waals surface area contributed by atoms with E-state index in [0.717, 1.165) is 23.6 Å². The van der Waals surface area contributed by atoms with Crippen molar-refractivity contribution in [1.29, 1.82) is 0 Å². The molecule has 0 amide bonds. The van der Waals surface area contributed by atoms with Crippen molar-refractivity contribution >= 4 is 11.6 Å². The van der Waals surface area contributed by atoms with Crippen LogP contribution in [-0.2, 0) is 6.18 Å². The highest BCUT2D eigenvalue weighted by Gasteiger charge is 2.36. The molecule has 0 saturated heterocycles. The Morgan fingerprint density at radius 3 is 2.63 bits per heavy atom. The first kappa shape index (κ1) is 11.9. The maximum Gasteiger partial charge on any atom is 0.419 e. The first-order valence-corrected chi connectivity index (χ1v) is 5.56. The lowest BCUT2D eigenvalue weighted by Crippen LogP contribution is -2.08. The third-order valence-corrected chi connectivity index (χ3v) is 3.02. The number of alkyl halides is 3. The highest BCUT2D eigenvalue weighted by atomic mass is 19.4. The van der Waals surface area contributed by atoms with Crippen LogP contribution < -0.4 is 0 Å². The van der Waals surface area contributed by atoms with Gasteiger partial charge < -0.3 is 5.11 Å². The van der Waals surface area contributed by atoms with Crippen LogP contribution in [0.25, 0.3) is 5.65 Å². The van der Waals surface area contributed by atoms with E-state index in [9.17, 15) is 18.0 Å². The quantitative estimate of drug-likeness (QED) is 0.910. The van der Waals surface area contributed by atoms with Crippen LogP contribution in [0.5, 0.6) is 0 Å². The van der Waals surface area contributed by atoms with E-state index < -0.39 is 17.7 Å². The number of hydrogen-bond donors (Lipinski definition) is 1. The molecular formula is C11H8F3N3O2. The third-order valence-electron chi connectivity index (χ3n) is 3.02. The highest BCUT2D eigenvalue weighted by Crippen LogP contribution is 2.43. The van der Waals surface area contributed by atoms with Crippen molar-refractivity contribution < 1.29 is 23.1 Å². The van der Waals surface area contributed by atoms with E-state index in [4.69, 9.17) is 5.11 Å². The Kier molecular flexibility index (Phi) is 2.32. The van der Waals surface area contributed by atoms with Gasteiger partial charge in [-0.05, 0) is 18.8 Å². The summed E-state index contributed by atoms with van der Waals surface area (Å²) < 4.78 is 38.6. The molecule has 2 heterocycles. The number of carbonyl (C=O) groups is 1. The number of halogens is 3.